The van der Waals surface area contributed by atoms with Crippen molar-refractivity contribution in [1.82, 2.24) is 20.9 Å². The predicted molar refractivity (Wildman–Crippen MR) is 120 cm³/mol. The lowest BCUT2D eigenvalue weighted by Gasteiger charge is -2.38. The molecule has 2 rings (SSSR count). The first-order valence-corrected chi connectivity index (χ1v) is 10.6. The van der Waals surface area contributed by atoms with E-state index < -0.39 is 6.04 Å². The number of likely N-dealkylation sites (N-methyl/N-ethyl adjacent to an activating group) is 1. The number of carbonyl (C=O) groups excluding carboxylic acids is 1. The van der Waals surface area contributed by atoms with E-state index in [2.05, 4.69) is 55.7 Å². The quantitative estimate of drug-likeness (QED) is 0.636. The highest BCUT2D eigenvalue weighted by molar-refractivity contribution is 7.80. The molecule has 1 amide bonds. The lowest BCUT2D eigenvalue weighted by molar-refractivity contribution is -0.125. The third-order valence-electron chi connectivity index (χ3n) is 5.42. The summed E-state index contributed by atoms with van der Waals surface area (Å²) in [5.41, 5.74) is 0.820. The van der Waals surface area contributed by atoms with Gasteiger partial charge < -0.3 is 20.9 Å². The molecule has 3 N–H and O–H groups in total. The van der Waals surface area contributed by atoms with E-state index in [0.29, 0.717) is 23.7 Å². The van der Waals surface area contributed by atoms with E-state index in [1.54, 1.807) is 0 Å². The molecule has 0 radical (unpaired) electrons. The molecule has 1 aliphatic rings. The topological polar surface area (TPSA) is 56.4 Å². The Hall–Kier alpha value is -1.66. The van der Waals surface area contributed by atoms with Gasteiger partial charge in [0.05, 0.1) is 0 Å². The van der Waals surface area contributed by atoms with Crippen LogP contribution in [0.2, 0.25) is 0 Å². The van der Waals surface area contributed by atoms with Gasteiger partial charge >= 0.3 is 0 Å². The molecule has 3 atom stereocenters. The normalized spacial score (nSPS) is 21.1. The summed E-state index contributed by atoms with van der Waals surface area (Å²) < 4.78 is 0. The van der Waals surface area contributed by atoms with Gasteiger partial charge in [0.1, 0.15) is 6.04 Å². The maximum Gasteiger partial charge on any atom is 0.243 e. The zero-order valence-corrected chi connectivity index (χ0v) is 18.7. The Kier molecular flexibility index (Phi) is 8.25. The average molecular weight is 405 g/mol. The molecule has 1 aromatic carbocycles. The fourth-order valence-corrected chi connectivity index (χ4v) is 4.07. The van der Waals surface area contributed by atoms with Gasteiger partial charge in [0.25, 0.3) is 0 Å². The number of benzene rings is 1. The number of carbonyl (C=O) groups is 1. The van der Waals surface area contributed by atoms with Crippen LogP contribution in [0, 0.1) is 5.41 Å². The van der Waals surface area contributed by atoms with Gasteiger partial charge in [-0.3, -0.25) is 4.79 Å². The Balaban J connectivity index is 1.96. The highest BCUT2D eigenvalue weighted by Gasteiger charge is 2.33. The Morgan fingerprint density at radius 3 is 2.43 bits per heavy atom. The molecule has 0 spiro atoms. The molecule has 5 nitrogen and oxygen atoms in total. The molecule has 28 heavy (non-hydrogen) atoms. The van der Waals surface area contributed by atoms with Crippen molar-refractivity contribution in [2.75, 3.05) is 14.1 Å². The lowest BCUT2D eigenvalue weighted by atomic mass is 9.86. The van der Waals surface area contributed by atoms with Crippen molar-refractivity contribution < 1.29 is 4.79 Å². The summed E-state index contributed by atoms with van der Waals surface area (Å²) in [5, 5.41) is 10.4. The van der Waals surface area contributed by atoms with Crippen LogP contribution >= 0.6 is 12.2 Å². The average Bonchev–Trinajstić information content (AvgIpc) is 2.64. The largest absolute Gasteiger partial charge is 0.358 e. The first-order valence-electron chi connectivity index (χ1n) is 10.2. The van der Waals surface area contributed by atoms with Gasteiger partial charge in [0, 0.05) is 18.6 Å². The van der Waals surface area contributed by atoms with Gasteiger partial charge in [0.2, 0.25) is 5.91 Å². The van der Waals surface area contributed by atoms with Crippen molar-refractivity contribution in [3.05, 3.63) is 35.9 Å². The number of amides is 1. The Morgan fingerprint density at radius 1 is 1.18 bits per heavy atom. The SMILES string of the molecule is CN(C)[C@H]1CCCC[C@@H]1NC(=S)N[C@@H](C(=O)NCc1ccccc1)C(C)(C)C. The van der Waals surface area contributed by atoms with Gasteiger partial charge in [-0.25, -0.2) is 0 Å². The molecule has 6 heteroatoms. The fraction of sp³-hybridized carbons (Fsp3) is 0.636. The molecule has 0 aromatic heterocycles. The molecule has 0 bridgehead atoms. The van der Waals surface area contributed by atoms with E-state index >= 15 is 0 Å². The van der Waals surface area contributed by atoms with Gasteiger partial charge in [-0.05, 0) is 50.1 Å². The van der Waals surface area contributed by atoms with E-state index in [0.717, 1.165) is 12.0 Å². The van der Waals surface area contributed by atoms with Crippen LogP contribution < -0.4 is 16.0 Å². The molecule has 1 aromatic rings. The summed E-state index contributed by atoms with van der Waals surface area (Å²) in [7, 11) is 4.24. The van der Waals surface area contributed by atoms with Crippen LogP contribution in [0.3, 0.4) is 0 Å². The number of hydrogen-bond acceptors (Lipinski definition) is 3. The molecule has 0 unspecified atom stereocenters. The molecule has 0 aliphatic heterocycles. The van der Waals surface area contributed by atoms with Crippen molar-refractivity contribution in [3.8, 4) is 0 Å². The Morgan fingerprint density at radius 2 is 1.82 bits per heavy atom. The summed E-state index contributed by atoms with van der Waals surface area (Å²) in [6, 6.07) is 10.3. The first kappa shape index (κ1) is 22.6. The Labute approximate surface area is 175 Å². The standard InChI is InChI=1S/C22H36N4OS/c1-22(2,3)19(20(27)23-15-16-11-7-6-8-12-16)25-21(28)24-17-13-9-10-14-18(17)26(4)5/h6-8,11-12,17-19H,9-10,13-15H2,1-5H3,(H,23,27)(H2,24,25,28)/t17-,18-,19-/m0/s1. The van der Waals surface area contributed by atoms with Crippen LogP contribution in [0.5, 0.6) is 0 Å². The molecular weight excluding hydrogens is 368 g/mol. The Bertz CT molecular complexity index is 642. The molecule has 156 valence electrons. The third kappa shape index (κ3) is 6.74. The smallest absolute Gasteiger partial charge is 0.243 e. The van der Waals surface area contributed by atoms with Gasteiger partial charge in [-0.2, -0.15) is 0 Å². The number of hydrogen-bond donors (Lipinski definition) is 3. The number of nitrogens with zero attached hydrogens (tertiary/aromatic N) is 1. The number of thiocarbonyl (C=S) groups is 1. The van der Waals surface area contributed by atoms with Crippen molar-refractivity contribution in [1.29, 1.82) is 0 Å². The summed E-state index contributed by atoms with van der Waals surface area (Å²) >= 11 is 5.60. The van der Waals surface area contributed by atoms with Crippen molar-refractivity contribution in [3.63, 3.8) is 0 Å². The van der Waals surface area contributed by atoms with Gasteiger partial charge in [-0.15, -0.1) is 0 Å². The molecule has 1 aliphatic carbocycles. The number of rotatable bonds is 6. The minimum Gasteiger partial charge on any atom is -0.358 e. The number of nitrogens with one attached hydrogen (secondary N) is 3. The van der Waals surface area contributed by atoms with E-state index in [1.165, 1.54) is 19.3 Å². The maximum atomic E-state index is 12.9. The summed E-state index contributed by atoms with van der Waals surface area (Å²) in [4.78, 5) is 15.2. The minimum absolute atomic E-state index is 0.0340. The molecular formula is C22H36N4OS. The van der Waals surface area contributed by atoms with E-state index in [9.17, 15) is 4.79 Å². The molecule has 1 fully saturated rings. The van der Waals surface area contributed by atoms with E-state index in [1.807, 2.05) is 30.3 Å². The second-order valence-electron chi connectivity index (χ2n) is 9.04. The maximum absolute atomic E-state index is 12.9. The lowest BCUT2D eigenvalue weighted by Crippen LogP contribution is -2.59. The molecule has 1 saturated carbocycles. The van der Waals surface area contributed by atoms with Crippen LogP contribution in [0.15, 0.2) is 30.3 Å². The van der Waals surface area contributed by atoms with E-state index in [4.69, 9.17) is 12.2 Å². The zero-order valence-electron chi connectivity index (χ0n) is 17.9. The van der Waals surface area contributed by atoms with Crippen LogP contribution in [0.1, 0.15) is 52.0 Å². The first-order chi connectivity index (χ1) is 13.2. The monoisotopic (exact) mass is 404 g/mol. The van der Waals surface area contributed by atoms with Crippen LogP contribution in [0.4, 0.5) is 0 Å². The van der Waals surface area contributed by atoms with Crippen molar-refractivity contribution in [2.24, 2.45) is 5.41 Å². The second kappa shape index (κ2) is 10.2. The highest BCUT2D eigenvalue weighted by atomic mass is 32.1. The highest BCUT2D eigenvalue weighted by Crippen LogP contribution is 2.23. The van der Waals surface area contributed by atoms with Crippen LogP contribution in [-0.4, -0.2) is 48.1 Å². The molecule has 0 heterocycles. The van der Waals surface area contributed by atoms with Crippen LogP contribution in [-0.2, 0) is 11.3 Å². The minimum atomic E-state index is -0.405. The summed E-state index contributed by atoms with van der Waals surface area (Å²) in [5.74, 6) is -0.0340. The van der Waals surface area contributed by atoms with Crippen molar-refractivity contribution in [2.45, 2.75) is 71.1 Å². The van der Waals surface area contributed by atoms with Crippen molar-refractivity contribution >= 4 is 23.2 Å². The van der Waals surface area contributed by atoms with Gasteiger partial charge in [-0.1, -0.05) is 63.9 Å². The third-order valence-corrected chi connectivity index (χ3v) is 5.66. The zero-order chi connectivity index (χ0) is 20.7. The van der Waals surface area contributed by atoms with E-state index in [-0.39, 0.29) is 11.3 Å². The second-order valence-corrected chi connectivity index (χ2v) is 9.45. The summed E-state index contributed by atoms with van der Waals surface area (Å²) in [6.07, 6.45) is 4.75. The van der Waals surface area contributed by atoms with Gasteiger partial charge in [0.15, 0.2) is 5.11 Å². The predicted octanol–water partition coefficient (Wildman–Crippen LogP) is 3.05. The van der Waals surface area contributed by atoms with Crippen LogP contribution in [0.25, 0.3) is 0 Å². The summed E-state index contributed by atoms with van der Waals surface area (Å²) in [6.45, 7) is 6.68. The fourth-order valence-electron chi connectivity index (χ4n) is 3.80. The molecule has 0 saturated heterocycles.